The molecule has 0 saturated carbocycles. The predicted octanol–water partition coefficient (Wildman–Crippen LogP) is 3.65. The van der Waals surface area contributed by atoms with E-state index in [0.717, 1.165) is 6.04 Å². The molecule has 1 unspecified atom stereocenters. The van der Waals surface area contributed by atoms with E-state index in [9.17, 15) is 0 Å². The maximum atomic E-state index is 3.55. The second-order valence-electron chi connectivity index (χ2n) is 4.53. The predicted molar refractivity (Wildman–Crippen MR) is 72.9 cm³/mol. The molecule has 16 heavy (non-hydrogen) atoms. The smallest absolute Gasteiger partial charge is 0.0178 e. The van der Waals surface area contributed by atoms with Crippen molar-refractivity contribution in [3.63, 3.8) is 0 Å². The number of hydrogen-bond donors (Lipinski definition) is 0. The van der Waals surface area contributed by atoms with Gasteiger partial charge in [0.25, 0.3) is 0 Å². The highest BCUT2D eigenvalue weighted by atomic mass is 79.9. The first-order chi connectivity index (χ1) is 7.74. The molecule has 0 bridgehead atoms. The second-order valence-corrected chi connectivity index (χ2v) is 5.45. The molecule has 2 heteroatoms. The van der Waals surface area contributed by atoms with Crippen LogP contribution < -0.4 is 0 Å². The summed E-state index contributed by atoms with van der Waals surface area (Å²) in [4.78, 5) is 2.59. The molecule has 2 rings (SSSR count). The van der Waals surface area contributed by atoms with Gasteiger partial charge in [-0.25, -0.2) is 0 Å². The molecule has 0 saturated heterocycles. The lowest BCUT2D eigenvalue weighted by molar-refractivity contribution is 0.199. The molecule has 0 N–H and O–H groups in total. The van der Waals surface area contributed by atoms with Crippen LogP contribution in [0.4, 0.5) is 0 Å². The van der Waals surface area contributed by atoms with Gasteiger partial charge in [0, 0.05) is 10.5 Å². The van der Waals surface area contributed by atoms with Crippen molar-refractivity contribution >= 4 is 15.9 Å². The van der Waals surface area contributed by atoms with Crippen LogP contribution in [0.15, 0.2) is 22.7 Å². The summed E-state index contributed by atoms with van der Waals surface area (Å²) >= 11 is 3.55. The quantitative estimate of drug-likeness (QED) is 0.818. The lowest BCUT2D eigenvalue weighted by Gasteiger charge is -2.33. The van der Waals surface area contributed by atoms with E-state index in [2.05, 4.69) is 52.9 Å². The first-order valence-electron chi connectivity index (χ1n) is 6.26. The van der Waals surface area contributed by atoms with Crippen molar-refractivity contribution in [2.24, 2.45) is 0 Å². The lowest BCUT2D eigenvalue weighted by atomic mass is 9.87. The van der Waals surface area contributed by atoms with Gasteiger partial charge >= 0.3 is 0 Å². The van der Waals surface area contributed by atoms with Crippen molar-refractivity contribution in [1.82, 2.24) is 4.90 Å². The normalized spacial score (nSPS) is 19.9. The molecule has 1 aliphatic rings. The Bertz CT molecular complexity index is 358. The third kappa shape index (κ3) is 2.49. The summed E-state index contributed by atoms with van der Waals surface area (Å²) in [7, 11) is 0. The summed E-state index contributed by atoms with van der Waals surface area (Å²) in [5, 5.41) is 0. The van der Waals surface area contributed by atoms with Crippen LogP contribution in [0.1, 0.15) is 31.4 Å². The molecular formula is C14H20BrN. The number of halogens is 1. The second kappa shape index (κ2) is 5.33. The van der Waals surface area contributed by atoms with Gasteiger partial charge in [0.1, 0.15) is 0 Å². The average Bonchev–Trinajstić information content (AvgIpc) is 2.31. The van der Waals surface area contributed by atoms with Crippen LogP contribution >= 0.6 is 15.9 Å². The molecule has 1 aromatic rings. The van der Waals surface area contributed by atoms with Crippen molar-refractivity contribution in [2.75, 3.05) is 13.1 Å². The standard InChI is InChI=1S/C14H20BrN/c1-3-16(4-2)14-8-6-11-9-13(15)7-5-12(11)10-14/h5,7,9,14H,3-4,6,8,10H2,1-2H3. The molecule has 1 aromatic carbocycles. The number of hydrogen-bond acceptors (Lipinski definition) is 1. The molecular weight excluding hydrogens is 262 g/mol. The molecule has 1 atom stereocenters. The number of fused-ring (bicyclic) bond motifs is 1. The molecule has 1 aliphatic carbocycles. The fraction of sp³-hybridized carbons (Fsp3) is 0.571. The van der Waals surface area contributed by atoms with Crippen LogP contribution in [0, 0.1) is 0 Å². The maximum absolute atomic E-state index is 3.55. The number of benzene rings is 1. The van der Waals surface area contributed by atoms with E-state index in [-0.39, 0.29) is 0 Å². The van der Waals surface area contributed by atoms with E-state index >= 15 is 0 Å². The number of nitrogens with zero attached hydrogens (tertiary/aromatic N) is 1. The van der Waals surface area contributed by atoms with Crippen LogP contribution in [0.5, 0.6) is 0 Å². The molecule has 88 valence electrons. The molecule has 1 nitrogen and oxygen atoms in total. The van der Waals surface area contributed by atoms with Crippen molar-refractivity contribution < 1.29 is 0 Å². The Hall–Kier alpha value is -0.340. The Kier molecular flexibility index (Phi) is 4.04. The summed E-state index contributed by atoms with van der Waals surface area (Å²) in [6, 6.07) is 7.50. The van der Waals surface area contributed by atoms with E-state index < -0.39 is 0 Å². The van der Waals surface area contributed by atoms with Crippen LogP contribution in [-0.4, -0.2) is 24.0 Å². The van der Waals surface area contributed by atoms with Crippen LogP contribution in [0.3, 0.4) is 0 Å². The van der Waals surface area contributed by atoms with E-state index in [1.165, 1.54) is 42.4 Å². The van der Waals surface area contributed by atoms with E-state index in [1.807, 2.05) is 0 Å². The third-order valence-electron chi connectivity index (χ3n) is 3.70. The topological polar surface area (TPSA) is 3.24 Å². The highest BCUT2D eigenvalue weighted by Gasteiger charge is 2.22. The first kappa shape index (κ1) is 12.1. The van der Waals surface area contributed by atoms with E-state index in [1.54, 1.807) is 5.56 Å². The van der Waals surface area contributed by atoms with Crippen molar-refractivity contribution in [2.45, 2.75) is 39.2 Å². The number of likely N-dealkylation sites (N-methyl/N-ethyl adjacent to an activating group) is 1. The van der Waals surface area contributed by atoms with Gasteiger partial charge in [-0.2, -0.15) is 0 Å². The molecule has 0 heterocycles. The van der Waals surface area contributed by atoms with Gasteiger partial charge in [0.2, 0.25) is 0 Å². The van der Waals surface area contributed by atoms with E-state index in [4.69, 9.17) is 0 Å². The van der Waals surface area contributed by atoms with Crippen molar-refractivity contribution in [3.05, 3.63) is 33.8 Å². The SMILES string of the molecule is CCN(CC)C1CCc2cc(Br)ccc2C1. The van der Waals surface area contributed by atoms with Crippen LogP contribution in [0.25, 0.3) is 0 Å². The third-order valence-corrected chi connectivity index (χ3v) is 4.19. The summed E-state index contributed by atoms with van der Waals surface area (Å²) in [5.74, 6) is 0. The van der Waals surface area contributed by atoms with Gasteiger partial charge in [0.05, 0.1) is 0 Å². The maximum Gasteiger partial charge on any atom is 0.0178 e. The molecule has 0 aromatic heterocycles. The Balaban J connectivity index is 2.14. The minimum absolute atomic E-state index is 0.753. The summed E-state index contributed by atoms with van der Waals surface area (Å²) in [6.07, 6.45) is 3.77. The van der Waals surface area contributed by atoms with Gasteiger partial charge in [0.15, 0.2) is 0 Å². The van der Waals surface area contributed by atoms with E-state index in [0.29, 0.717) is 0 Å². The largest absolute Gasteiger partial charge is 0.301 e. The molecule has 0 aliphatic heterocycles. The number of rotatable bonds is 3. The van der Waals surface area contributed by atoms with Gasteiger partial charge in [-0.15, -0.1) is 0 Å². The van der Waals surface area contributed by atoms with Gasteiger partial charge in [-0.3, -0.25) is 0 Å². The Labute approximate surface area is 107 Å². The molecule has 0 amide bonds. The minimum atomic E-state index is 0.753. The van der Waals surface area contributed by atoms with Crippen molar-refractivity contribution in [1.29, 1.82) is 0 Å². The molecule has 0 fully saturated rings. The fourth-order valence-corrected chi connectivity index (χ4v) is 3.16. The first-order valence-corrected chi connectivity index (χ1v) is 7.05. The van der Waals surface area contributed by atoms with Crippen LogP contribution in [0.2, 0.25) is 0 Å². The van der Waals surface area contributed by atoms with Gasteiger partial charge < -0.3 is 4.90 Å². The van der Waals surface area contributed by atoms with Crippen molar-refractivity contribution in [3.8, 4) is 0 Å². The fourth-order valence-electron chi connectivity index (χ4n) is 2.76. The van der Waals surface area contributed by atoms with Gasteiger partial charge in [-0.1, -0.05) is 35.8 Å². The Morgan fingerprint density at radius 2 is 2.00 bits per heavy atom. The minimum Gasteiger partial charge on any atom is -0.301 e. The molecule has 0 spiro atoms. The zero-order valence-electron chi connectivity index (χ0n) is 10.2. The Morgan fingerprint density at radius 3 is 2.69 bits per heavy atom. The Morgan fingerprint density at radius 1 is 1.25 bits per heavy atom. The average molecular weight is 282 g/mol. The zero-order valence-corrected chi connectivity index (χ0v) is 11.8. The highest BCUT2D eigenvalue weighted by Crippen LogP contribution is 2.27. The summed E-state index contributed by atoms with van der Waals surface area (Å²) in [6.45, 7) is 6.88. The zero-order chi connectivity index (χ0) is 11.5. The van der Waals surface area contributed by atoms with Gasteiger partial charge in [-0.05, 0) is 55.6 Å². The monoisotopic (exact) mass is 281 g/mol. The number of aryl methyl sites for hydroxylation is 1. The highest BCUT2D eigenvalue weighted by molar-refractivity contribution is 9.10. The summed E-state index contributed by atoms with van der Waals surface area (Å²) < 4.78 is 1.22. The lowest BCUT2D eigenvalue weighted by Crippen LogP contribution is -2.39. The summed E-state index contributed by atoms with van der Waals surface area (Å²) in [5.41, 5.74) is 3.09. The molecule has 0 radical (unpaired) electrons. The van der Waals surface area contributed by atoms with Crippen LogP contribution in [-0.2, 0) is 12.8 Å².